The van der Waals surface area contributed by atoms with Crippen LogP contribution < -0.4 is 5.32 Å². The Morgan fingerprint density at radius 3 is 2.82 bits per heavy atom. The molecule has 0 bridgehead atoms. The Labute approximate surface area is 64.5 Å². The number of nitrogens with one attached hydrogen (secondary N) is 1. The molecule has 1 unspecified atom stereocenters. The fraction of sp³-hybridized carbons (Fsp3) is 0.571. The predicted molar refractivity (Wildman–Crippen MR) is 39.4 cm³/mol. The summed E-state index contributed by atoms with van der Waals surface area (Å²) in [7, 11) is 0. The largest absolute Gasteiger partial charge is 0.510 e. The molecule has 1 aliphatic rings. The van der Waals surface area contributed by atoms with Crippen molar-refractivity contribution in [2.24, 2.45) is 0 Å². The number of aliphatic hydroxyl groups excluding tert-OH is 1. The number of aliphatic hydroxyl groups is 1. The lowest BCUT2D eigenvalue weighted by molar-refractivity contribution is -0.133. The van der Waals surface area contributed by atoms with Gasteiger partial charge in [-0.05, 0) is 13.3 Å². The van der Waals surface area contributed by atoms with E-state index in [0.29, 0.717) is 6.42 Å². The van der Waals surface area contributed by atoms with Gasteiger partial charge in [-0.3, -0.25) is 0 Å². The molecule has 1 aliphatic heterocycles. The van der Waals surface area contributed by atoms with Crippen LogP contribution in [0.4, 0.5) is 0 Å². The van der Waals surface area contributed by atoms with Crippen LogP contribution >= 0.6 is 0 Å². The lowest BCUT2D eigenvalue weighted by atomic mass is 10.0. The van der Waals surface area contributed by atoms with Crippen molar-refractivity contribution in [1.29, 1.82) is 0 Å². The number of hydrogen-bond donors (Lipinski definition) is 3. The first-order valence-corrected chi connectivity index (χ1v) is 3.49. The van der Waals surface area contributed by atoms with E-state index in [0.717, 1.165) is 0 Å². The number of carbonyl (C=O) groups is 1. The lowest BCUT2D eigenvalue weighted by Crippen LogP contribution is -2.35. The minimum absolute atomic E-state index is 0.0457. The molecule has 0 saturated heterocycles. The maximum Gasteiger partial charge on any atom is 0.335 e. The molecule has 0 saturated carbocycles. The van der Waals surface area contributed by atoms with E-state index >= 15 is 0 Å². The van der Waals surface area contributed by atoms with Gasteiger partial charge in [0.25, 0.3) is 0 Å². The molecule has 1 heterocycles. The third-order valence-corrected chi connectivity index (χ3v) is 1.73. The number of aliphatic carboxylic acids is 1. The van der Waals surface area contributed by atoms with Crippen LogP contribution in [0.3, 0.4) is 0 Å². The maximum atomic E-state index is 10.5. The standard InChI is InChI=1S/C7H11NO3/c1-4-2-5(7(10)11)6(9)3-8-4/h4,8-9H,2-3H2,1H3,(H,10,11). The van der Waals surface area contributed by atoms with Gasteiger partial charge in [0.1, 0.15) is 5.76 Å². The van der Waals surface area contributed by atoms with Gasteiger partial charge in [0.15, 0.2) is 0 Å². The fourth-order valence-electron chi connectivity index (χ4n) is 1.08. The van der Waals surface area contributed by atoms with E-state index in [4.69, 9.17) is 10.2 Å². The molecule has 1 atom stereocenters. The second-order valence-corrected chi connectivity index (χ2v) is 2.72. The molecule has 0 fully saturated rings. The Bertz CT molecular complexity index is 210. The first-order chi connectivity index (χ1) is 5.11. The molecule has 1 rings (SSSR count). The highest BCUT2D eigenvalue weighted by Gasteiger charge is 2.21. The molecule has 0 aromatic heterocycles. The summed E-state index contributed by atoms with van der Waals surface area (Å²) in [5, 5.41) is 20.6. The van der Waals surface area contributed by atoms with E-state index < -0.39 is 5.97 Å². The second kappa shape index (κ2) is 2.92. The van der Waals surface area contributed by atoms with Gasteiger partial charge in [-0.1, -0.05) is 0 Å². The first-order valence-electron chi connectivity index (χ1n) is 3.49. The van der Waals surface area contributed by atoms with Crippen molar-refractivity contribution < 1.29 is 15.0 Å². The summed E-state index contributed by atoms with van der Waals surface area (Å²) in [4.78, 5) is 10.5. The van der Waals surface area contributed by atoms with E-state index in [1.165, 1.54) is 0 Å². The van der Waals surface area contributed by atoms with E-state index in [-0.39, 0.29) is 23.9 Å². The average molecular weight is 157 g/mol. The topological polar surface area (TPSA) is 69.6 Å². The van der Waals surface area contributed by atoms with E-state index in [9.17, 15) is 4.79 Å². The van der Waals surface area contributed by atoms with Gasteiger partial charge < -0.3 is 15.5 Å². The Morgan fingerprint density at radius 2 is 2.36 bits per heavy atom. The van der Waals surface area contributed by atoms with E-state index in [1.54, 1.807) is 0 Å². The van der Waals surface area contributed by atoms with Gasteiger partial charge in [-0.2, -0.15) is 0 Å². The van der Waals surface area contributed by atoms with E-state index in [2.05, 4.69) is 5.32 Å². The molecule has 62 valence electrons. The average Bonchev–Trinajstić information content (AvgIpc) is 1.94. The molecule has 11 heavy (non-hydrogen) atoms. The summed E-state index contributed by atoms with van der Waals surface area (Å²) in [6.07, 6.45) is 0.390. The monoisotopic (exact) mass is 157 g/mol. The minimum atomic E-state index is -1.02. The molecule has 0 aromatic carbocycles. The highest BCUT2D eigenvalue weighted by atomic mass is 16.4. The lowest BCUT2D eigenvalue weighted by Gasteiger charge is -2.20. The third kappa shape index (κ3) is 1.71. The zero-order valence-electron chi connectivity index (χ0n) is 6.29. The predicted octanol–water partition coefficient (Wildman–Crippen LogP) is 0.265. The molecule has 0 aromatic rings. The zero-order chi connectivity index (χ0) is 8.43. The molecular weight excluding hydrogens is 146 g/mol. The molecule has 0 radical (unpaired) electrons. The van der Waals surface area contributed by atoms with Crippen LogP contribution in [0.15, 0.2) is 11.3 Å². The van der Waals surface area contributed by atoms with Crippen LogP contribution in [0.2, 0.25) is 0 Å². The first kappa shape index (κ1) is 8.07. The van der Waals surface area contributed by atoms with Gasteiger partial charge in [-0.25, -0.2) is 4.79 Å². The third-order valence-electron chi connectivity index (χ3n) is 1.73. The summed E-state index contributed by atoms with van der Waals surface area (Å²) in [6.45, 7) is 2.15. The van der Waals surface area contributed by atoms with Crippen LogP contribution in [-0.4, -0.2) is 28.8 Å². The Kier molecular flexibility index (Phi) is 2.14. The van der Waals surface area contributed by atoms with Crippen LogP contribution in [0.1, 0.15) is 13.3 Å². The van der Waals surface area contributed by atoms with Crippen molar-refractivity contribution >= 4 is 5.97 Å². The highest BCUT2D eigenvalue weighted by molar-refractivity contribution is 5.87. The number of rotatable bonds is 1. The summed E-state index contributed by atoms with van der Waals surface area (Å²) < 4.78 is 0. The number of hydrogen-bond acceptors (Lipinski definition) is 3. The van der Waals surface area contributed by atoms with Gasteiger partial charge in [0.2, 0.25) is 0 Å². The van der Waals surface area contributed by atoms with Gasteiger partial charge in [-0.15, -0.1) is 0 Å². The Hall–Kier alpha value is -1.03. The molecule has 0 amide bonds. The zero-order valence-corrected chi connectivity index (χ0v) is 6.29. The smallest absolute Gasteiger partial charge is 0.335 e. The molecule has 0 aliphatic carbocycles. The maximum absolute atomic E-state index is 10.5. The van der Waals surface area contributed by atoms with Gasteiger partial charge >= 0.3 is 5.97 Å². The van der Waals surface area contributed by atoms with Crippen molar-refractivity contribution in [3.05, 3.63) is 11.3 Å². The Morgan fingerprint density at radius 1 is 1.73 bits per heavy atom. The summed E-state index contributed by atoms with van der Waals surface area (Å²) in [5.41, 5.74) is 0.135. The molecular formula is C7H11NO3. The molecule has 4 nitrogen and oxygen atoms in total. The van der Waals surface area contributed by atoms with Crippen molar-refractivity contribution in [3.8, 4) is 0 Å². The van der Waals surface area contributed by atoms with Crippen molar-refractivity contribution in [3.63, 3.8) is 0 Å². The second-order valence-electron chi connectivity index (χ2n) is 2.72. The summed E-state index contributed by atoms with van der Waals surface area (Å²) >= 11 is 0. The van der Waals surface area contributed by atoms with Crippen LogP contribution in [0.25, 0.3) is 0 Å². The molecule has 0 spiro atoms. The Balaban J connectivity index is 2.80. The molecule has 3 N–H and O–H groups in total. The fourth-order valence-corrected chi connectivity index (χ4v) is 1.08. The van der Waals surface area contributed by atoms with E-state index in [1.807, 2.05) is 6.92 Å². The summed E-state index contributed by atoms with van der Waals surface area (Å²) in [6, 6.07) is 0.136. The van der Waals surface area contributed by atoms with Crippen molar-refractivity contribution in [2.45, 2.75) is 19.4 Å². The van der Waals surface area contributed by atoms with Crippen molar-refractivity contribution in [1.82, 2.24) is 5.32 Å². The van der Waals surface area contributed by atoms with Gasteiger partial charge in [0.05, 0.1) is 12.1 Å². The normalized spacial score (nSPS) is 25.4. The quantitative estimate of drug-likeness (QED) is 0.510. The van der Waals surface area contributed by atoms with Crippen LogP contribution in [0, 0.1) is 0 Å². The van der Waals surface area contributed by atoms with Crippen LogP contribution in [0.5, 0.6) is 0 Å². The highest BCUT2D eigenvalue weighted by Crippen LogP contribution is 2.14. The van der Waals surface area contributed by atoms with Gasteiger partial charge in [0, 0.05) is 6.04 Å². The minimum Gasteiger partial charge on any atom is -0.510 e. The number of carboxylic acid groups (broad SMARTS) is 1. The van der Waals surface area contributed by atoms with Crippen LogP contribution in [-0.2, 0) is 4.79 Å². The summed E-state index contributed by atoms with van der Waals surface area (Å²) in [5.74, 6) is -1.06. The molecule has 4 heteroatoms. The number of carboxylic acids is 1. The SMILES string of the molecule is CC1CC(C(=O)O)=C(O)CN1. The van der Waals surface area contributed by atoms with Crippen molar-refractivity contribution in [2.75, 3.05) is 6.54 Å².